The minimum Gasteiger partial charge on any atom is -0.508 e. The van der Waals surface area contributed by atoms with Crippen molar-refractivity contribution in [2.75, 3.05) is 19.6 Å². The number of piperidine rings is 1. The summed E-state index contributed by atoms with van der Waals surface area (Å²) in [6, 6.07) is 5.95. The second kappa shape index (κ2) is 4.68. The van der Waals surface area contributed by atoms with E-state index in [4.69, 9.17) is 0 Å². The van der Waals surface area contributed by atoms with Gasteiger partial charge in [-0.15, -0.1) is 6.58 Å². The summed E-state index contributed by atoms with van der Waals surface area (Å²) in [5.41, 5.74) is 3.07. The summed E-state index contributed by atoms with van der Waals surface area (Å²) in [5.74, 6) is 1.12. The molecule has 0 spiro atoms. The molecule has 0 unspecified atom stereocenters. The Morgan fingerprint density at radius 1 is 1.53 bits per heavy atom. The maximum Gasteiger partial charge on any atom is 0.115 e. The minimum absolute atomic E-state index is 0.240. The third-order valence-electron chi connectivity index (χ3n) is 5.19. The Balaban J connectivity index is 1.93. The highest BCUT2D eigenvalue weighted by Crippen LogP contribution is 2.47. The van der Waals surface area contributed by atoms with Gasteiger partial charge in [-0.05, 0) is 60.4 Å². The van der Waals surface area contributed by atoms with Crippen LogP contribution in [0.4, 0.5) is 0 Å². The molecule has 102 valence electrons. The smallest absolute Gasteiger partial charge is 0.115 e. The van der Waals surface area contributed by atoms with Crippen LogP contribution < -0.4 is 0 Å². The highest BCUT2D eigenvalue weighted by atomic mass is 16.3. The Morgan fingerprint density at radius 2 is 2.37 bits per heavy atom. The zero-order valence-electron chi connectivity index (χ0n) is 11.7. The maximum atomic E-state index is 9.81. The minimum atomic E-state index is 0.240. The number of nitrogens with zero attached hydrogens (tertiary/aromatic N) is 1. The van der Waals surface area contributed by atoms with Gasteiger partial charge in [-0.3, -0.25) is 4.90 Å². The van der Waals surface area contributed by atoms with E-state index in [-0.39, 0.29) is 5.41 Å². The summed E-state index contributed by atoms with van der Waals surface area (Å²) < 4.78 is 0. The van der Waals surface area contributed by atoms with Gasteiger partial charge in [0.15, 0.2) is 0 Å². The lowest BCUT2D eigenvalue weighted by Gasteiger charge is -2.49. The molecule has 0 amide bonds. The van der Waals surface area contributed by atoms with E-state index >= 15 is 0 Å². The fraction of sp³-hybridized carbons (Fsp3) is 0.529. The standard InChI is InChI=1S/C17H23NO/c1-3-9-18-10-8-17(2)14(12-18)6-4-13-5-7-15(19)11-16(13)17/h3,5,7,11,14,19H,1,4,6,8-10,12H2,2H3/t14-,17+/m1/s1. The van der Waals surface area contributed by atoms with Crippen LogP contribution in [0.3, 0.4) is 0 Å². The molecule has 1 aliphatic carbocycles. The van der Waals surface area contributed by atoms with Crippen molar-refractivity contribution < 1.29 is 5.11 Å². The van der Waals surface area contributed by atoms with Crippen molar-refractivity contribution >= 4 is 0 Å². The van der Waals surface area contributed by atoms with Crippen LogP contribution in [-0.4, -0.2) is 29.6 Å². The van der Waals surface area contributed by atoms with Crippen LogP contribution in [0.15, 0.2) is 30.9 Å². The largest absolute Gasteiger partial charge is 0.508 e. The quantitative estimate of drug-likeness (QED) is 0.823. The molecule has 1 heterocycles. The average Bonchev–Trinajstić information content (AvgIpc) is 2.40. The predicted octanol–water partition coefficient (Wildman–Crippen LogP) is 3.10. The van der Waals surface area contributed by atoms with Crippen molar-refractivity contribution in [2.24, 2.45) is 5.92 Å². The summed E-state index contributed by atoms with van der Waals surface area (Å²) in [6.07, 6.45) is 5.60. The maximum absolute atomic E-state index is 9.81. The molecule has 0 aromatic heterocycles. The number of hydrogen-bond donors (Lipinski definition) is 1. The Hall–Kier alpha value is -1.28. The molecule has 2 atom stereocenters. The van der Waals surface area contributed by atoms with E-state index in [1.165, 1.54) is 24.0 Å². The number of phenols is 1. The molecule has 1 N–H and O–H groups in total. The monoisotopic (exact) mass is 257 g/mol. The topological polar surface area (TPSA) is 23.5 Å². The molecule has 1 saturated heterocycles. The normalized spacial score (nSPS) is 30.5. The lowest BCUT2D eigenvalue weighted by Crippen LogP contribution is -2.50. The second-order valence-electron chi connectivity index (χ2n) is 6.29. The lowest BCUT2D eigenvalue weighted by atomic mass is 9.61. The summed E-state index contributed by atoms with van der Waals surface area (Å²) in [6.45, 7) is 9.54. The van der Waals surface area contributed by atoms with Crippen LogP contribution in [0.5, 0.6) is 5.75 Å². The number of benzene rings is 1. The molecule has 2 nitrogen and oxygen atoms in total. The van der Waals surface area contributed by atoms with Crippen LogP contribution in [0.1, 0.15) is 30.9 Å². The Kier molecular flexibility index (Phi) is 3.14. The van der Waals surface area contributed by atoms with Gasteiger partial charge >= 0.3 is 0 Å². The molecule has 2 aliphatic rings. The first-order chi connectivity index (χ1) is 9.13. The lowest BCUT2D eigenvalue weighted by molar-refractivity contribution is 0.0957. The fourth-order valence-electron chi connectivity index (χ4n) is 3.96. The van der Waals surface area contributed by atoms with Gasteiger partial charge in [0.25, 0.3) is 0 Å². The number of likely N-dealkylation sites (tertiary alicyclic amines) is 1. The van der Waals surface area contributed by atoms with Gasteiger partial charge in [0.05, 0.1) is 0 Å². The van der Waals surface area contributed by atoms with Gasteiger partial charge in [0.2, 0.25) is 0 Å². The number of rotatable bonds is 2. The summed E-state index contributed by atoms with van der Waals surface area (Å²) in [7, 11) is 0. The first-order valence-corrected chi connectivity index (χ1v) is 7.29. The molecule has 1 aromatic rings. The number of phenolic OH excluding ortho intramolecular Hbond substituents is 1. The van der Waals surface area contributed by atoms with E-state index in [1.807, 2.05) is 18.2 Å². The number of hydrogen-bond acceptors (Lipinski definition) is 2. The highest BCUT2D eigenvalue weighted by Gasteiger charge is 2.43. The van der Waals surface area contributed by atoms with Gasteiger partial charge in [0, 0.05) is 13.1 Å². The average molecular weight is 257 g/mol. The number of aromatic hydroxyl groups is 1. The molecule has 3 rings (SSSR count). The van der Waals surface area contributed by atoms with E-state index in [2.05, 4.69) is 24.5 Å². The van der Waals surface area contributed by atoms with E-state index in [0.29, 0.717) is 11.7 Å². The molecule has 2 heteroatoms. The molecule has 1 fully saturated rings. The molecular formula is C17H23NO. The van der Waals surface area contributed by atoms with E-state index in [0.717, 1.165) is 26.1 Å². The third kappa shape index (κ3) is 2.08. The van der Waals surface area contributed by atoms with Gasteiger partial charge in [0.1, 0.15) is 5.75 Å². The summed E-state index contributed by atoms with van der Waals surface area (Å²) in [4.78, 5) is 2.51. The zero-order valence-corrected chi connectivity index (χ0v) is 11.7. The first-order valence-electron chi connectivity index (χ1n) is 7.29. The Morgan fingerprint density at radius 3 is 3.16 bits per heavy atom. The summed E-state index contributed by atoms with van der Waals surface area (Å²) in [5, 5.41) is 9.81. The van der Waals surface area contributed by atoms with Gasteiger partial charge in [-0.2, -0.15) is 0 Å². The number of aryl methyl sites for hydroxylation is 1. The molecular weight excluding hydrogens is 234 g/mol. The number of fused-ring (bicyclic) bond motifs is 3. The Bertz CT molecular complexity index is 496. The van der Waals surface area contributed by atoms with Gasteiger partial charge in [-0.25, -0.2) is 0 Å². The van der Waals surface area contributed by atoms with Crippen LogP contribution in [0.25, 0.3) is 0 Å². The predicted molar refractivity (Wildman–Crippen MR) is 78.5 cm³/mol. The van der Waals surface area contributed by atoms with Crippen molar-refractivity contribution in [1.29, 1.82) is 0 Å². The van der Waals surface area contributed by atoms with E-state index in [1.54, 1.807) is 0 Å². The van der Waals surface area contributed by atoms with Gasteiger partial charge in [-0.1, -0.05) is 19.1 Å². The van der Waals surface area contributed by atoms with Crippen LogP contribution in [0.2, 0.25) is 0 Å². The van der Waals surface area contributed by atoms with Crippen LogP contribution in [-0.2, 0) is 11.8 Å². The first kappa shape index (κ1) is 12.7. The van der Waals surface area contributed by atoms with Crippen molar-refractivity contribution in [1.82, 2.24) is 4.90 Å². The van der Waals surface area contributed by atoms with E-state index in [9.17, 15) is 5.11 Å². The van der Waals surface area contributed by atoms with E-state index < -0.39 is 0 Å². The molecule has 0 bridgehead atoms. The Labute approximate surface area is 115 Å². The molecule has 1 aromatic carbocycles. The van der Waals surface area contributed by atoms with Crippen LogP contribution in [0, 0.1) is 5.92 Å². The SMILES string of the molecule is C=CCN1CC[C@]2(C)c3cc(O)ccc3CC[C@@H]2C1. The van der Waals surface area contributed by atoms with Crippen molar-refractivity contribution in [2.45, 2.75) is 31.6 Å². The fourth-order valence-corrected chi connectivity index (χ4v) is 3.96. The molecule has 1 aliphatic heterocycles. The van der Waals surface area contributed by atoms with Crippen LogP contribution >= 0.6 is 0 Å². The molecule has 19 heavy (non-hydrogen) atoms. The second-order valence-corrected chi connectivity index (χ2v) is 6.29. The van der Waals surface area contributed by atoms with Crippen molar-refractivity contribution in [3.05, 3.63) is 42.0 Å². The molecule has 0 saturated carbocycles. The van der Waals surface area contributed by atoms with Crippen molar-refractivity contribution in [3.63, 3.8) is 0 Å². The zero-order chi connectivity index (χ0) is 13.5. The van der Waals surface area contributed by atoms with Gasteiger partial charge < -0.3 is 5.11 Å². The summed E-state index contributed by atoms with van der Waals surface area (Å²) >= 11 is 0. The van der Waals surface area contributed by atoms with Crippen molar-refractivity contribution in [3.8, 4) is 5.75 Å². The highest BCUT2D eigenvalue weighted by molar-refractivity contribution is 5.42. The third-order valence-corrected chi connectivity index (χ3v) is 5.19. The molecule has 0 radical (unpaired) electrons.